The number of para-hydroxylation sites is 1. The van der Waals surface area contributed by atoms with Crippen molar-refractivity contribution in [2.24, 2.45) is 0 Å². The maximum Gasteiger partial charge on any atom is 0.331 e. The number of halogens is 1. The second-order valence-corrected chi connectivity index (χ2v) is 8.46. The number of hydrogen-bond acceptors (Lipinski definition) is 3. The molecule has 0 unspecified atom stereocenters. The van der Waals surface area contributed by atoms with Crippen molar-refractivity contribution in [3.05, 3.63) is 111 Å². The molecule has 0 bridgehead atoms. The molecular formula is C26H20ClN4O3+. The lowest BCUT2D eigenvalue weighted by Gasteiger charge is -2.14. The number of rotatable bonds is 4. The van der Waals surface area contributed by atoms with Crippen LogP contribution in [0.15, 0.2) is 83.9 Å². The number of carbonyl (C=O) groups excluding carboxylic acids is 2. The zero-order valence-electron chi connectivity index (χ0n) is 18.4. The monoisotopic (exact) mass is 471 g/mol. The normalized spacial score (nSPS) is 13.8. The Bertz CT molecular complexity index is 1550. The molecule has 5 rings (SSSR count). The van der Waals surface area contributed by atoms with E-state index in [9.17, 15) is 14.4 Å². The standard InChI is InChI=1S/C26H19ClN4O3/c1-16-8-7-13-29(15-16)23-22(24(32)30(26(23)34)20-12-6-9-18(27)14-20)21-17(2)28-31(25(21)33)19-10-4-3-5-11-19/h3-15H,1-2H3/p+1. The van der Waals surface area contributed by atoms with Crippen molar-refractivity contribution in [2.45, 2.75) is 13.8 Å². The average Bonchev–Trinajstić information content (AvgIpc) is 3.25. The lowest BCUT2D eigenvalue weighted by Crippen LogP contribution is -2.39. The van der Waals surface area contributed by atoms with Gasteiger partial charge in [0.25, 0.3) is 17.2 Å². The Hall–Kier alpha value is -4.23. The van der Waals surface area contributed by atoms with Crippen LogP contribution >= 0.6 is 11.6 Å². The highest BCUT2D eigenvalue weighted by atomic mass is 35.5. The predicted octanol–water partition coefficient (Wildman–Crippen LogP) is 3.67. The number of carbonyl (C=O) groups is 2. The number of nitrogens with zero attached hydrogens (tertiary/aromatic N) is 3. The Morgan fingerprint density at radius 3 is 2.29 bits per heavy atom. The minimum Gasteiger partial charge on any atom is -0.295 e. The first kappa shape index (κ1) is 21.6. The van der Waals surface area contributed by atoms with Crippen LogP contribution in [0.2, 0.25) is 5.02 Å². The summed E-state index contributed by atoms with van der Waals surface area (Å²) in [7, 11) is 0. The van der Waals surface area contributed by atoms with Gasteiger partial charge in [0.15, 0.2) is 12.4 Å². The second-order valence-electron chi connectivity index (χ2n) is 8.03. The summed E-state index contributed by atoms with van der Waals surface area (Å²) < 4.78 is 2.96. The Balaban J connectivity index is 1.77. The van der Waals surface area contributed by atoms with E-state index in [2.05, 4.69) is 5.10 Å². The molecule has 0 aliphatic carbocycles. The lowest BCUT2D eigenvalue weighted by atomic mass is 10.1. The quantitative estimate of drug-likeness (QED) is 0.364. The Labute approximate surface area is 200 Å². The van der Waals surface area contributed by atoms with Gasteiger partial charge in [-0.15, -0.1) is 0 Å². The number of pyridine rings is 1. The van der Waals surface area contributed by atoms with Crippen molar-refractivity contribution < 1.29 is 14.2 Å². The Kier molecular flexibility index (Phi) is 5.26. The van der Waals surface area contributed by atoms with Crippen LogP contribution in [0.5, 0.6) is 0 Å². The molecule has 2 aromatic carbocycles. The number of hydrogen-bond donors (Lipinski definition) is 1. The molecule has 0 radical (unpaired) electrons. The maximum atomic E-state index is 13.8. The van der Waals surface area contributed by atoms with E-state index in [1.54, 1.807) is 66.3 Å². The molecule has 3 heterocycles. The van der Waals surface area contributed by atoms with Gasteiger partial charge in [-0.25, -0.2) is 9.58 Å². The number of nitrogens with one attached hydrogen (secondary N) is 1. The number of aryl methyl sites for hydroxylation is 2. The first-order chi connectivity index (χ1) is 16.4. The minimum atomic E-state index is -0.587. The Morgan fingerprint density at radius 1 is 0.853 bits per heavy atom. The molecule has 1 N–H and O–H groups in total. The third-order valence-electron chi connectivity index (χ3n) is 5.67. The van der Waals surface area contributed by atoms with E-state index < -0.39 is 17.4 Å². The van der Waals surface area contributed by atoms with Gasteiger partial charge in [0, 0.05) is 22.3 Å². The van der Waals surface area contributed by atoms with Gasteiger partial charge in [0.05, 0.1) is 16.9 Å². The van der Waals surface area contributed by atoms with Crippen molar-refractivity contribution in [1.82, 2.24) is 9.78 Å². The van der Waals surface area contributed by atoms with Crippen molar-refractivity contribution in [3.63, 3.8) is 0 Å². The number of aromatic amines is 1. The number of imide groups is 1. The summed E-state index contributed by atoms with van der Waals surface area (Å²) in [5.74, 6) is -1.13. The molecule has 1 aliphatic rings. The van der Waals surface area contributed by atoms with Crippen LogP contribution in [0.3, 0.4) is 0 Å². The van der Waals surface area contributed by atoms with Crippen molar-refractivity contribution >= 4 is 40.4 Å². The molecule has 4 aromatic rings. The van der Waals surface area contributed by atoms with E-state index >= 15 is 0 Å². The third-order valence-corrected chi connectivity index (χ3v) is 5.90. The lowest BCUT2D eigenvalue weighted by molar-refractivity contribution is -0.577. The molecule has 1 aliphatic heterocycles. The van der Waals surface area contributed by atoms with E-state index in [1.807, 2.05) is 31.2 Å². The van der Waals surface area contributed by atoms with Crippen LogP contribution in [0.4, 0.5) is 5.69 Å². The highest BCUT2D eigenvalue weighted by Crippen LogP contribution is 2.34. The second kappa shape index (κ2) is 8.28. The van der Waals surface area contributed by atoms with Crippen LogP contribution < -0.4 is 15.0 Å². The molecule has 0 saturated carbocycles. The van der Waals surface area contributed by atoms with Crippen LogP contribution in [0.25, 0.3) is 17.0 Å². The third kappa shape index (κ3) is 3.47. The number of anilines is 1. The molecule has 168 valence electrons. The number of benzene rings is 2. The fraction of sp³-hybridized carbons (Fsp3) is 0.0769. The zero-order chi connectivity index (χ0) is 24.0. The zero-order valence-corrected chi connectivity index (χ0v) is 19.2. The van der Waals surface area contributed by atoms with Gasteiger partial charge >= 0.3 is 5.91 Å². The predicted molar refractivity (Wildman–Crippen MR) is 130 cm³/mol. The Morgan fingerprint density at radius 2 is 1.59 bits per heavy atom. The molecule has 2 aromatic heterocycles. The summed E-state index contributed by atoms with van der Waals surface area (Å²) in [5, 5.41) is 3.44. The molecule has 0 saturated heterocycles. The van der Waals surface area contributed by atoms with Crippen LogP contribution in [-0.4, -0.2) is 21.6 Å². The van der Waals surface area contributed by atoms with Crippen molar-refractivity contribution in [1.29, 1.82) is 0 Å². The molecule has 0 spiro atoms. The van der Waals surface area contributed by atoms with Gasteiger partial charge in [-0.3, -0.25) is 19.5 Å². The summed E-state index contributed by atoms with van der Waals surface area (Å²) in [4.78, 5) is 42.1. The van der Waals surface area contributed by atoms with Gasteiger partial charge in [0.2, 0.25) is 0 Å². The molecule has 8 heteroatoms. The van der Waals surface area contributed by atoms with Gasteiger partial charge in [0.1, 0.15) is 5.57 Å². The maximum absolute atomic E-state index is 13.8. The van der Waals surface area contributed by atoms with Crippen molar-refractivity contribution in [2.75, 3.05) is 4.90 Å². The van der Waals surface area contributed by atoms with Gasteiger partial charge in [-0.05, 0) is 50.2 Å². The van der Waals surface area contributed by atoms with E-state index in [1.165, 1.54) is 4.68 Å². The fourth-order valence-corrected chi connectivity index (χ4v) is 4.35. The largest absolute Gasteiger partial charge is 0.331 e. The van der Waals surface area contributed by atoms with E-state index in [0.717, 1.165) is 10.5 Å². The smallest absolute Gasteiger partial charge is 0.295 e. The van der Waals surface area contributed by atoms with Gasteiger partial charge in [-0.1, -0.05) is 35.9 Å². The van der Waals surface area contributed by atoms with Gasteiger partial charge < -0.3 is 0 Å². The SMILES string of the molecule is Cc1ccc[n+](C2=C(c3c(C)[nH]n(-c4ccccc4)c3=O)C(=O)N(c3cccc(Cl)c3)C2=O)c1. The molecule has 0 atom stereocenters. The number of amides is 2. The summed E-state index contributed by atoms with van der Waals surface area (Å²) in [6, 6.07) is 19.2. The minimum absolute atomic E-state index is 0.0361. The van der Waals surface area contributed by atoms with E-state index in [0.29, 0.717) is 22.1 Å². The van der Waals surface area contributed by atoms with Gasteiger partial charge in [-0.2, -0.15) is 4.57 Å². The summed E-state index contributed by atoms with van der Waals surface area (Å²) in [6.45, 7) is 3.60. The van der Waals surface area contributed by atoms with E-state index in [4.69, 9.17) is 11.6 Å². The summed E-state index contributed by atoms with van der Waals surface area (Å²) in [6.07, 6.45) is 3.44. The summed E-state index contributed by atoms with van der Waals surface area (Å²) >= 11 is 6.14. The molecule has 7 nitrogen and oxygen atoms in total. The highest BCUT2D eigenvalue weighted by Gasteiger charge is 2.48. The molecule has 0 fully saturated rings. The first-order valence-electron chi connectivity index (χ1n) is 10.6. The number of aromatic nitrogens is 3. The van der Waals surface area contributed by atoms with Crippen LogP contribution in [0, 0.1) is 13.8 Å². The van der Waals surface area contributed by atoms with Crippen LogP contribution in [-0.2, 0) is 9.59 Å². The summed E-state index contributed by atoms with van der Waals surface area (Å²) in [5.41, 5.74) is 2.19. The first-order valence-corrected chi connectivity index (χ1v) is 11.0. The van der Waals surface area contributed by atoms with Crippen LogP contribution in [0.1, 0.15) is 16.8 Å². The number of H-pyrrole nitrogens is 1. The fourth-order valence-electron chi connectivity index (χ4n) is 4.16. The van der Waals surface area contributed by atoms with Crippen molar-refractivity contribution in [3.8, 4) is 5.69 Å². The average molecular weight is 472 g/mol. The topological polar surface area (TPSA) is 79.1 Å². The van der Waals surface area contributed by atoms with E-state index in [-0.39, 0.29) is 16.8 Å². The molecular weight excluding hydrogens is 452 g/mol. The molecule has 2 amide bonds. The molecule has 34 heavy (non-hydrogen) atoms. The highest BCUT2D eigenvalue weighted by molar-refractivity contribution is 6.53.